The lowest BCUT2D eigenvalue weighted by Gasteiger charge is -2.24. The minimum absolute atomic E-state index is 0.358. The third-order valence-electron chi connectivity index (χ3n) is 2.43. The molecule has 1 aliphatic rings. The van der Waals surface area contributed by atoms with Crippen LogP contribution in [0.15, 0.2) is 11.1 Å². The Morgan fingerprint density at radius 2 is 2.06 bits per heavy atom. The van der Waals surface area contributed by atoms with Gasteiger partial charge in [-0.25, -0.2) is 4.79 Å². The highest BCUT2D eigenvalue weighted by atomic mass is 19.4. The number of ether oxygens (including phenoxy) is 2. The Balaban J connectivity index is 2.39. The van der Waals surface area contributed by atoms with Gasteiger partial charge in [-0.3, -0.25) is 0 Å². The highest BCUT2D eigenvalue weighted by Gasteiger charge is 2.41. The second-order valence-electron chi connectivity index (χ2n) is 3.79. The minimum Gasteiger partial charge on any atom is -0.456 e. The second-order valence-corrected chi connectivity index (χ2v) is 3.79. The van der Waals surface area contributed by atoms with Crippen LogP contribution in [0.5, 0.6) is 0 Å². The molecule has 0 radical (unpaired) electrons. The van der Waals surface area contributed by atoms with Crippen LogP contribution in [-0.2, 0) is 14.3 Å². The molecule has 0 saturated carbocycles. The smallest absolute Gasteiger partial charge is 0.456 e. The van der Waals surface area contributed by atoms with E-state index < -0.39 is 18.2 Å². The summed E-state index contributed by atoms with van der Waals surface area (Å²) in [6.45, 7) is 3.80. The van der Waals surface area contributed by atoms with Gasteiger partial charge in [-0.2, -0.15) is 13.2 Å². The van der Waals surface area contributed by atoms with Gasteiger partial charge in [-0.1, -0.05) is 5.57 Å². The molecule has 16 heavy (non-hydrogen) atoms. The summed E-state index contributed by atoms with van der Waals surface area (Å²) in [5.74, 6) is -2.17. The first kappa shape index (κ1) is 13.0. The van der Waals surface area contributed by atoms with E-state index in [0.717, 1.165) is 11.1 Å². The molecule has 0 unspecified atom stereocenters. The zero-order valence-corrected chi connectivity index (χ0v) is 9.06. The number of alkyl halides is 3. The standard InChI is InChI=1S/C10H13F3O3/c1-6-3-8(15-4-7(6)2)5-16-9(14)10(11,12)13/h8H,3-5H2,1-2H3/t8-/m0/s1. The molecule has 1 aliphatic heterocycles. The van der Waals surface area contributed by atoms with Crippen molar-refractivity contribution in [3.63, 3.8) is 0 Å². The second kappa shape index (κ2) is 4.86. The van der Waals surface area contributed by atoms with Gasteiger partial charge in [0.15, 0.2) is 0 Å². The van der Waals surface area contributed by atoms with Crippen LogP contribution < -0.4 is 0 Å². The summed E-state index contributed by atoms with van der Waals surface area (Å²) in [5.41, 5.74) is 2.14. The lowest BCUT2D eigenvalue weighted by atomic mass is 10.0. The minimum atomic E-state index is -4.94. The molecule has 0 aliphatic carbocycles. The van der Waals surface area contributed by atoms with E-state index in [4.69, 9.17) is 4.74 Å². The summed E-state index contributed by atoms with van der Waals surface area (Å²) in [4.78, 5) is 10.4. The Morgan fingerprint density at radius 3 is 2.56 bits per heavy atom. The molecule has 0 bridgehead atoms. The number of halogens is 3. The molecule has 0 saturated heterocycles. The average Bonchev–Trinajstić information content (AvgIpc) is 2.18. The zero-order valence-electron chi connectivity index (χ0n) is 9.06. The van der Waals surface area contributed by atoms with Crippen molar-refractivity contribution in [1.82, 2.24) is 0 Å². The molecule has 0 amide bonds. The lowest BCUT2D eigenvalue weighted by molar-refractivity contribution is -0.202. The zero-order chi connectivity index (χ0) is 12.3. The van der Waals surface area contributed by atoms with Gasteiger partial charge in [0.2, 0.25) is 0 Å². The van der Waals surface area contributed by atoms with Gasteiger partial charge in [0.05, 0.1) is 12.7 Å². The van der Waals surface area contributed by atoms with Crippen molar-refractivity contribution in [3.05, 3.63) is 11.1 Å². The molecule has 92 valence electrons. The van der Waals surface area contributed by atoms with Crippen LogP contribution >= 0.6 is 0 Å². The summed E-state index contributed by atoms with van der Waals surface area (Å²) in [5, 5.41) is 0. The van der Waals surface area contributed by atoms with Gasteiger partial charge < -0.3 is 9.47 Å². The third kappa shape index (κ3) is 3.52. The van der Waals surface area contributed by atoms with E-state index in [0.29, 0.717) is 13.0 Å². The molecule has 3 nitrogen and oxygen atoms in total. The van der Waals surface area contributed by atoms with Crippen molar-refractivity contribution < 1.29 is 27.4 Å². The maximum atomic E-state index is 11.8. The number of hydrogen-bond donors (Lipinski definition) is 0. The molecular weight excluding hydrogens is 225 g/mol. The summed E-state index contributed by atoms with van der Waals surface area (Å²) in [6.07, 6.45) is -4.91. The van der Waals surface area contributed by atoms with Crippen LogP contribution in [0.4, 0.5) is 13.2 Å². The topological polar surface area (TPSA) is 35.5 Å². The predicted molar refractivity (Wildman–Crippen MR) is 49.7 cm³/mol. The first-order valence-electron chi connectivity index (χ1n) is 4.81. The fraction of sp³-hybridized carbons (Fsp3) is 0.700. The number of rotatable bonds is 2. The van der Waals surface area contributed by atoms with Gasteiger partial charge in [-0.05, 0) is 25.8 Å². The molecule has 1 rings (SSSR count). The predicted octanol–water partition coefficient (Wildman–Crippen LogP) is 2.22. The lowest BCUT2D eigenvalue weighted by Crippen LogP contribution is -2.31. The van der Waals surface area contributed by atoms with Gasteiger partial charge in [0.25, 0.3) is 0 Å². The molecule has 0 N–H and O–H groups in total. The Labute approximate surface area is 91.2 Å². The van der Waals surface area contributed by atoms with E-state index in [9.17, 15) is 18.0 Å². The van der Waals surface area contributed by atoms with Crippen LogP contribution in [0.3, 0.4) is 0 Å². The van der Waals surface area contributed by atoms with Crippen molar-refractivity contribution in [2.45, 2.75) is 32.5 Å². The Hall–Kier alpha value is -1.04. The van der Waals surface area contributed by atoms with Crippen molar-refractivity contribution in [3.8, 4) is 0 Å². The number of hydrogen-bond acceptors (Lipinski definition) is 3. The molecular formula is C10H13F3O3. The van der Waals surface area contributed by atoms with Crippen molar-refractivity contribution in [2.24, 2.45) is 0 Å². The molecule has 1 heterocycles. The monoisotopic (exact) mass is 238 g/mol. The van der Waals surface area contributed by atoms with Crippen LogP contribution in [0.1, 0.15) is 20.3 Å². The summed E-state index contributed by atoms with van der Waals surface area (Å²) >= 11 is 0. The van der Waals surface area contributed by atoms with E-state index in [1.54, 1.807) is 0 Å². The Morgan fingerprint density at radius 1 is 1.44 bits per heavy atom. The van der Waals surface area contributed by atoms with E-state index in [2.05, 4.69) is 4.74 Å². The maximum Gasteiger partial charge on any atom is 0.490 e. The van der Waals surface area contributed by atoms with E-state index in [-0.39, 0.29) is 6.61 Å². The van der Waals surface area contributed by atoms with Crippen LogP contribution in [0.2, 0.25) is 0 Å². The van der Waals surface area contributed by atoms with E-state index in [1.807, 2.05) is 13.8 Å². The maximum absolute atomic E-state index is 11.8. The normalized spacial score (nSPS) is 22.2. The molecule has 0 aromatic carbocycles. The highest BCUT2D eigenvalue weighted by molar-refractivity contribution is 5.75. The molecule has 0 spiro atoms. The molecule has 6 heteroatoms. The van der Waals surface area contributed by atoms with Crippen molar-refractivity contribution >= 4 is 5.97 Å². The Bertz CT molecular complexity index is 307. The quantitative estimate of drug-likeness (QED) is 0.546. The highest BCUT2D eigenvalue weighted by Crippen LogP contribution is 2.21. The SMILES string of the molecule is CC1=C(C)C[C@@H](COC(=O)C(F)(F)F)OC1. The number of carbonyl (C=O) groups excluding carboxylic acids is 1. The van der Waals surface area contributed by atoms with E-state index in [1.165, 1.54) is 0 Å². The fourth-order valence-corrected chi connectivity index (χ4v) is 1.30. The Kier molecular flexibility index (Phi) is 3.96. The van der Waals surface area contributed by atoms with E-state index >= 15 is 0 Å². The molecule has 0 aromatic heterocycles. The number of carbonyl (C=O) groups is 1. The van der Waals surface area contributed by atoms with Gasteiger partial charge in [0, 0.05) is 0 Å². The fourth-order valence-electron chi connectivity index (χ4n) is 1.30. The van der Waals surface area contributed by atoms with Gasteiger partial charge >= 0.3 is 12.1 Å². The average molecular weight is 238 g/mol. The van der Waals surface area contributed by atoms with Crippen LogP contribution in [0, 0.1) is 0 Å². The van der Waals surface area contributed by atoms with Crippen molar-refractivity contribution in [2.75, 3.05) is 13.2 Å². The molecule has 0 fully saturated rings. The summed E-state index contributed by atoms with van der Waals surface area (Å²) < 4.78 is 44.8. The van der Waals surface area contributed by atoms with Gasteiger partial charge in [0.1, 0.15) is 6.61 Å². The largest absolute Gasteiger partial charge is 0.490 e. The van der Waals surface area contributed by atoms with Crippen molar-refractivity contribution in [1.29, 1.82) is 0 Å². The summed E-state index contributed by atoms with van der Waals surface area (Å²) in [6, 6.07) is 0. The molecule has 0 aromatic rings. The molecule has 1 atom stereocenters. The van der Waals surface area contributed by atoms with Crippen LogP contribution in [-0.4, -0.2) is 31.5 Å². The van der Waals surface area contributed by atoms with Crippen LogP contribution in [0.25, 0.3) is 0 Å². The summed E-state index contributed by atoms with van der Waals surface area (Å²) in [7, 11) is 0. The first-order chi connectivity index (χ1) is 7.30. The third-order valence-corrected chi connectivity index (χ3v) is 2.43. The number of esters is 1. The van der Waals surface area contributed by atoms with Gasteiger partial charge in [-0.15, -0.1) is 0 Å². The first-order valence-corrected chi connectivity index (χ1v) is 4.81.